The number of hydrogen-bond acceptors (Lipinski definition) is 3. The zero-order valence-electron chi connectivity index (χ0n) is 11.2. The molecular weight excluding hydrogens is 228 g/mol. The van der Waals surface area contributed by atoms with Crippen LogP contribution in [0.2, 0.25) is 0 Å². The van der Waals surface area contributed by atoms with E-state index in [-0.39, 0.29) is 4.75 Å². The second kappa shape index (κ2) is 4.99. The van der Waals surface area contributed by atoms with Gasteiger partial charge in [0, 0.05) is 17.0 Å². The molecule has 0 radical (unpaired) electrons. The Hall–Kier alpha value is -0.540. The van der Waals surface area contributed by atoms with Crippen LogP contribution in [0.4, 0.5) is 0 Å². The van der Waals surface area contributed by atoms with Gasteiger partial charge in [0.2, 0.25) is 0 Å². The van der Waals surface area contributed by atoms with Crippen molar-refractivity contribution in [3.8, 4) is 0 Å². The van der Waals surface area contributed by atoms with Crippen LogP contribution in [0.15, 0.2) is 23.4 Å². The van der Waals surface area contributed by atoms with Crippen LogP contribution in [0.25, 0.3) is 0 Å². The summed E-state index contributed by atoms with van der Waals surface area (Å²) in [4.78, 5) is 7.00. The monoisotopic (exact) mass is 250 g/mol. The van der Waals surface area contributed by atoms with E-state index in [9.17, 15) is 0 Å². The van der Waals surface area contributed by atoms with Crippen LogP contribution in [0, 0.1) is 0 Å². The molecule has 0 unspecified atom stereocenters. The average molecular weight is 250 g/mol. The molecule has 1 aromatic heterocycles. The smallest absolute Gasteiger partial charge is 0.0965 e. The molecule has 1 saturated heterocycles. The molecule has 0 aromatic carbocycles. The van der Waals surface area contributed by atoms with Gasteiger partial charge < -0.3 is 0 Å². The first kappa shape index (κ1) is 12.9. The SMILES string of the molecule is CN1CCC[C@@H]1c1ccc(SC(C)(C)C)nc1. The Morgan fingerprint density at radius 3 is 2.59 bits per heavy atom. The van der Waals surface area contributed by atoms with Crippen molar-refractivity contribution in [2.75, 3.05) is 13.6 Å². The molecule has 1 aliphatic heterocycles. The van der Waals surface area contributed by atoms with Gasteiger partial charge in [-0.1, -0.05) is 26.8 Å². The number of pyridine rings is 1. The molecule has 3 heteroatoms. The molecule has 0 aliphatic carbocycles. The van der Waals surface area contributed by atoms with E-state index >= 15 is 0 Å². The number of rotatable bonds is 2. The zero-order valence-corrected chi connectivity index (χ0v) is 12.0. The Labute approximate surface area is 109 Å². The van der Waals surface area contributed by atoms with Gasteiger partial charge in [0.05, 0.1) is 5.03 Å². The molecule has 0 amide bonds. The quantitative estimate of drug-likeness (QED) is 0.744. The zero-order chi connectivity index (χ0) is 12.5. The summed E-state index contributed by atoms with van der Waals surface area (Å²) in [6.07, 6.45) is 4.63. The Balaban J connectivity index is 2.07. The summed E-state index contributed by atoms with van der Waals surface area (Å²) in [7, 11) is 2.20. The van der Waals surface area contributed by atoms with Crippen LogP contribution < -0.4 is 0 Å². The number of aromatic nitrogens is 1. The van der Waals surface area contributed by atoms with Crippen molar-refractivity contribution in [3.05, 3.63) is 23.9 Å². The molecule has 2 rings (SSSR count). The summed E-state index contributed by atoms with van der Waals surface area (Å²) >= 11 is 1.83. The molecule has 1 fully saturated rings. The van der Waals surface area contributed by atoms with Gasteiger partial charge in [-0.05, 0) is 38.1 Å². The lowest BCUT2D eigenvalue weighted by Crippen LogP contribution is -2.17. The van der Waals surface area contributed by atoms with Gasteiger partial charge >= 0.3 is 0 Å². The molecule has 0 bridgehead atoms. The highest BCUT2D eigenvalue weighted by molar-refractivity contribution is 8.00. The van der Waals surface area contributed by atoms with E-state index in [2.05, 4.69) is 56.0 Å². The molecular formula is C14H22N2S. The fraction of sp³-hybridized carbons (Fsp3) is 0.643. The highest BCUT2D eigenvalue weighted by atomic mass is 32.2. The van der Waals surface area contributed by atoms with E-state index in [1.165, 1.54) is 24.9 Å². The summed E-state index contributed by atoms with van der Waals surface area (Å²) in [5.74, 6) is 0. The molecule has 0 saturated carbocycles. The lowest BCUT2D eigenvalue weighted by molar-refractivity contribution is 0.317. The van der Waals surface area contributed by atoms with Gasteiger partial charge in [-0.3, -0.25) is 4.90 Å². The van der Waals surface area contributed by atoms with Crippen LogP contribution in [0.3, 0.4) is 0 Å². The molecule has 0 N–H and O–H groups in total. The minimum Gasteiger partial charge on any atom is -0.299 e. The molecule has 1 aliphatic rings. The topological polar surface area (TPSA) is 16.1 Å². The number of likely N-dealkylation sites (tertiary alicyclic amines) is 1. The standard InChI is InChI=1S/C14H22N2S/c1-14(2,3)17-13-8-7-11(10-15-13)12-6-5-9-16(12)4/h7-8,10,12H,5-6,9H2,1-4H3/t12-/m1/s1. The maximum absolute atomic E-state index is 4.58. The predicted molar refractivity (Wildman–Crippen MR) is 74.5 cm³/mol. The maximum atomic E-state index is 4.58. The number of nitrogens with zero attached hydrogens (tertiary/aromatic N) is 2. The van der Waals surface area contributed by atoms with E-state index in [1.54, 1.807) is 0 Å². The second-order valence-electron chi connectivity index (χ2n) is 5.78. The summed E-state index contributed by atoms with van der Waals surface area (Å²) in [5.41, 5.74) is 1.36. The van der Waals surface area contributed by atoms with E-state index in [0.717, 1.165) is 5.03 Å². The minimum atomic E-state index is 0.235. The predicted octanol–water partition coefficient (Wildman–Crippen LogP) is 3.74. The van der Waals surface area contributed by atoms with Crippen molar-refractivity contribution in [1.29, 1.82) is 0 Å². The molecule has 17 heavy (non-hydrogen) atoms. The molecule has 0 spiro atoms. The maximum Gasteiger partial charge on any atom is 0.0965 e. The summed E-state index contributed by atoms with van der Waals surface area (Å²) in [5, 5.41) is 1.13. The largest absolute Gasteiger partial charge is 0.299 e. The van der Waals surface area contributed by atoms with E-state index in [0.29, 0.717) is 6.04 Å². The van der Waals surface area contributed by atoms with Crippen LogP contribution >= 0.6 is 11.8 Å². The third-order valence-electron chi connectivity index (χ3n) is 3.08. The van der Waals surface area contributed by atoms with Gasteiger partial charge in [0.15, 0.2) is 0 Å². The molecule has 1 atom stereocenters. The van der Waals surface area contributed by atoms with Crippen LogP contribution in [0.5, 0.6) is 0 Å². The normalized spacial score (nSPS) is 22.0. The second-order valence-corrected chi connectivity index (χ2v) is 7.63. The first-order valence-electron chi connectivity index (χ1n) is 6.31. The Kier molecular flexibility index (Phi) is 3.79. The Bertz CT molecular complexity index is 367. The lowest BCUT2D eigenvalue weighted by atomic mass is 10.1. The molecule has 2 heterocycles. The van der Waals surface area contributed by atoms with E-state index in [4.69, 9.17) is 0 Å². The van der Waals surface area contributed by atoms with Crippen molar-refractivity contribution in [2.45, 2.75) is 49.4 Å². The van der Waals surface area contributed by atoms with Gasteiger partial charge in [-0.25, -0.2) is 4.98 Å². The summed E-state index contributed by atoms with van der Waals surface area (Å²) < 4.78 is 0.235. The van der Waals surface area contributed by atoms with Crippen LogP contribution in [0.1, 0.15) is 45.2 Å². The van der Waals surface area contributed by atoms with Gasteiger partial charge in [0.1, 0.15) is 0 Å². The highest BCUT2D eigenvalue weighted by Crippen LogP contribution is 2.33. The first-order valence-corrected chi connectivity index (χ1v) is 7.12. The Morgan fingerprint density at radius 1 is 1.35 bits per heavy atom. The van der Waals surface area contributed by atoms with Crippen molar-refractivity contribution in [1.82, 2.24) is 9.88 Å². The molecule has 94 valence electrons. The molecule has 1 aromatic rings. The van der Waals surface area contributed by atoms with E-state index in [1.807, 2.05) is 11.8 Å². The van der Waals surface area contributed by atoms with Gasteiger partial charge in [-0.2, -0.15) is 0 Å². The number of hydrogen-bond donors (Lipinski definition) is 0. The van der Waals surface area contributed by atoms with Gasteiger partial charge in [-0.15, -0.1) is 11.8 Å². The summed E-state index contributed by atoms with van der Waals surface area (Å²) in [6, 6.07) is 4.99. The highest BCUT2D eigenvalue weighted by Gasteiger charge is 2.22. The fourth-order valence-electron chi connectivity index (χ4n) is 2.29. The van der Waals surface area contributed by atoms with E-state index < -0.39 is 0 Å². The van der Waals surface area contributed by atoms with Crippen molar-refractivity contribution >= 4 is 11.8 Å². The van der Waals surface area contributed by atoms with Crippen LogP contribution in [-0.4, -0.2) is 28.2 Å². The third-order valence-corrected chi connectivity index (χ3v) is 4.14. The Morgan fingerprint density at radius 2 is 2.12 bits per heavy atom. The lowest BCUT2D eigenvalue weighted by Gasteiger charge is -2.20. The number of thioether (sulfide) groups is 1. The first-order chi connectivity index (χ1) is 7.96. The summed E-state index contributed by atoms with van der Waals surface area (Å²) in [6.45, 7) is 7.87. The van der Waals surface area contributed by atoms with Crippen LogP contribution in [-0.2, 0) is 0 Å². The minimum absolute atomic E-state index is 0.235. The average Bonchev–Trinajstić information content (AvgIpc) is 2.63. The van der Waals surface area contributed by atoms with Crippen molar-refractivity contribution < 1.29 is 0 Å². The fourth-order valence-corrected chi connectivity index (χ4v) is 3.16. The molecule has 2 nitrogen and oxygen atoms in total. The van der Waals surface area contributed by atoms with Crippen molar-refractivity contribution in [2.24, 2.45) is 0 Å². The van der Waals surface area contributed by atoms with Crippen molar-refractivity contribution in [3.63, 3.8) is 0 Å². The van der Waals surface area contributed by atoms with Gasteiger partial charge in [0.25, 0.3) is 0 Å². The third kappa shape index (κ3) is 3.46.